The average Bonchev–Trinajstić information content (AvgIpc) is 3.36. The fourth-order valence-corrected chi connectivity index (χ4v) is 3.66. The maximum absolute atomic E-state index is 12.9. The molecule has 4 rings (SSSR count). The van der Waals surface area contributed by atoms with Crippen LogP contribution >= 0.6 is 0 Å². The summed E-state index contributed by atoms with van der Waals surface area (Å²) in [5.41, 5.74) is 1.03. The minimum Gasteiger partial charge on any atom is -0.459 e. The van der Waals surface area contributed by atoms with Crippen molar-refractivity contribution in [2.45, 2.75) is 25.2 Å². The molecule has 0 spiro atoms. The van der Waals surface area contributed by atoms with Crippen LogP contribution in [-0.4, -0.2) is 35.3 Å². The van der Waals surface area contributed by atoms with Crippen molar-refractivity contribution in [2.24, 2.45) is 0 Å². The quantitative estimate of drug-likeness (QED) is 0.566. The molecule has 0 fully saturated rings. The summed E-state index contributed by atoms with van der Waals surface area (Å²) in [4.78, 5) is 39.3. The van der Waals surface area contributed by atoms with E-state index in [-0.39, 0.29) is 24.4 Å². The standard InChI is InChI=1S/C24H19F3N2O5/c25-24(26,27)17-7-9-18(10-8-17)28-21(30)14-34-23(32)19-12-15-4-1-2-5-16(15)13-29(19)22(31)20-6-3-11-33-20/h1-11,19H,12-14H2,(H,28,30)/t19-/m0/s1. The van der Waals surface area contributed by atoms with Gasteiger partial charge in [0.2, 0.25) is 0 Å². The Morgan fingerprint density at radius 1 is 1.00 bits per heavy atom. The molecule has 0 unspecified atom stereocenters. The molecular weight excluding hydrogens is 453 g/mol. The first-order valence-electron chi connectivity index (χ1n) is 10.3. The molecule has 10 heteroatoms. The number of nitrogens with zero attached hydrogens (tertiary/aromatic N) is 1. The number of benzene rings is 2. The highest BCUT2D eigenvalue weighted by Crippen LogP contribution is 2.30. The molecule has 176 valence electrons. The fourth-order valence-electron chi connectivity index (χ4n) is 3.66. The van der Waals surface area contributed by atoms with Crippen molar-refractivity contribution in [3.63, 3.8) is 0 Å². The van der Waals surface area contributed by atoms with E-state index in [1.54, 1.807) is 6.07 Å². The number of carbonyl (C=O) groups excluding carboxylic acids is 3. The first-order chi connectivity index (χ1) is 16.2. The number of halogens is 3. The molecule has 2 heterocycles. The van der Waals surface area contributed by atoms with Crippen molar-refractivity contribution in [3.05, 3.63) is 89.4 Å². The molecule has 1 aliphatic heterocycles. The molecule has 0 bridgehead atoms. The van der Waals surface area contributed by atoms with Crippen molar-refractivity contribution < 1.29 is 36.7 Å². The van der Waals surface area contributed by atoms with Crippen LogP contribution in [0.2, 0.25) is 0 Å². The van der Waals surface area contributed by atoms with Gasteiger partial charge in [0.25, 0.3) is 11.8 Å². The van der Waals surface area contributed by atoms with Crippen LogP contribution in [0, 0.1) is 0 Å². The molecule has 2 aromatic carbocycles. The van der Waals surface area contributed by atoms with Crippen LogP contribution in [-0.2, 0) is 33.5 Å². The number of amides is 2. The van der Waals surface area contributed by atoms with Crippen LogP contribution in [0.1, 0.15) is 27.2 Å². The van der Waals surface area contributed by atoms with Crippen molar-refractivity contribution >= 4 is 23.5 Å². The number of hydrogen-bond donors (Lipinski definition) is 1. The van der Waals surface area contributed by atoms with Crippen molar-refractivity contribution in [1.29, 1.82) is 0 Å². The molecule has 0 saturated heterocycles. The van der Waals surface area contributed by atoms with Crippen LogP contribution in [0.5, 0.6) is 0 Å². The molecule has 1 N–H and O–H groups in total. The zero-order valence-electron chi connectivity index (χ0n) is 17.7. The lowest BCUT2D eigenvalue weighted by Gasteiger charge is -2.34. The minimum absolute atomic E-state index is 0.0669. The third-order valence-electron chi connectivity index (χ3n) is 5.35. The monoisotopic (exact) mass is 472 g/mol. The summed E-state index contributed by atoms with van der Waals surface area (Å²) in [6, 6.07) is 13.3. The van der Waals surface area contributed by atoms with Gasteiger partial charge in [0.15, 0.2) is 12.4 Å². The molecule has 1 aromatic heterocycles. The number of furan rings is 1. The Labute approximate surface area is 192 Å². The summed E-state index contributed by atoms with van der Waals surface area (Å²) in [5, 5.41) is 2.37. The molecule has 0 radical (unpaired) electrons. The molecular formula is C24H19F3N2O5. The zero-order chi connectivity index (χ0) is 24.3. The number of anilines is 1. The van der Waals surface area contributed by atoms with Crippen molar-refractivity contribution in [1.82, 2.24) is 4.90 Å². The van der Waals surface area contributed by atoms with Gasteiger partial charge in [-0.3, -0.25) is 9.59 Å². The van der Waals surface area contributed by atoms with Gasteiger partial charge in [-0.2, -0.15) is 13.2 Å². The second kappa shape index (κ2) is 9.42. The fraction of sp³-hybridized carbons (Fsp3) is 0.208. The third kappa shape index (κ3) is 5.11. The summed E-state index contributed by atoms with van der Waals surface area (Å²) < 4.78 is 48.3. The van der Waals surface area contributed by atoms with Crippen LogP contribution in [0.15, 0.2) is 71.3 Å². The number of hydrogen-bond acceptors (Lipinski definition) is 5. The van der Waals surface area contributed by atoms with Gasteiger partial charge in [-0.15, -0.1) is 0 Å². The third-order valence-corrected chi connectivity index (χ3v) is 5.35. The number of esters is 1. The Balaban J connectivity index is 1.42. The van der Waals surface area contributed by atoms with E-state index in [0.717, 1.165) is 35.4 Å². The van der Waals surface area contributed by atoms with E-state index in [1.165, 1.54) is 17.2 Å². The maximum atomic E-state index is 12.9. The van der Waals surface area contributed by atoms with E-state index >= 15 is 0 Å². The second-order valence-corrected chi connectivity index (χ2v) is 7.63. The average molecular weight is 472 g/mol. The molecule has 0 saturated carbocycles. The van der Waals surface area contributed by atoms with Gasteiger partial charge >= 0.3 is 12.1 Å². The van der Waals surface area contributed by atoms with E-state index in [0.29, 0.717) is 0 Å². The molecule has 1 aliphatic rings. The normalized spacial score (nSPS) is 15.4. The summed E-state index contributed by atoms with van der Waals surface area (Å²) in [7, 11) is 0. The van der Waals surface area contributed by atoms with Crippen LogP contribution < -0.4 is 5.32 Å². The maximum Gasteiger partial charge on any atom is 0.416 e. The van der Waals surface area contributed by atoms with E-state index in [4.69, 9.17) is 9.15 Å². The Hall–Kier alpha value is -4.08. The number of carbonyl (C=O) groups is 3. The highest BCUT2D eigenvalue weighted by atomic mass is 19.4. The summed E-state index contributed by atoms with van der Waals surface area (Å²) in [5.74, 6) is -1.93. The first-order valence-corrected chi connectivity index (χ1v) is 10.3. The topological polar surface area (TPSA) is 88.9 Å². The SMILES string of the molecule is O=C(COC(=O)[C@@H]1Cc2ccccc2CN1C(=O)c1ccco1)Nc1ccc(C(F)(F)F)cc1. The highest BCUT2D eigenvalue weighted by Gasteiger charge is 2.37. The predicted molar refractivity (Wildman–Crippen MR) is 114 cm³/mol. The number of nitrogens with one attached hydrogen (secondary N) is 1. The second-order valence-electron chi connectivity index (χ2n) is 7.63. The molecule has 2 amide bonds. The summed E-state index contributed by atoms with van der Waals surface area (Å²) >= 11 is 0. The Morgan fingerprint density at radius 3 is 2.35 bits per heavy atom. The van der Waals surface area contributed by atoms with E-state index in [1.807, 2.05) is 24.3 Å². The van der Waals surface area contributed by atoms with Gasteiger partial charge < -0.3 is 19.4 Å². The lowest BCUT2D eigenvalue weighted by atomic mass is 9.93. The number of rotatable bonds is 5. The van der Waals surface area contributed by atoms with E-state index in [2.05, 4.69) is 5.32 Å². The van der Waals surface area contributed by atoms with Crippen LogP contribution in [0.4, 0.5) is 18.9 Å². The summed E-state index contributed by atoms with van der Waals surface area (Å²) in [6.45, 7) is -0.506. The number of ether oxygens (including phenoxy) is 1. The van der Waals surface area contributed by atoms with Gasteiger partial charge in [0.05, 0.1) is 11.8 Å². The summed E-state index contributed by atoms with van der Waals surface area (Å²) in [6.07, 6.45) is -2.94. The molecule has 0 aliphatic carbocycles. The van der Waals surface area contributed by atoms with Crippen LogP contribution in [0.25, 0.3) is 0 Å². The lowest BCUT2D eigenvalue weighted by molar-refractivity contribution is -0.152. The molecule has 3 aromatic rings. The lowest BCUT2D eigenvalue weighted by Crippen LogP contribution is -2.49. The van der Waals surface area contributed by atoms with Crippen molar-refractivity contribution in [3.8, 4) is 0 Å². The van der Waals surface area contributed by atoms with Gasteiger partial charge in [0, 0.05) is 18.7 Å². The van der Waals surface area contributed by atoms with E-state index in [9.17, 15) is 27.6 Å². The largest absolute Gasteiger partial charge is 0.459 e. The van der Waals surface area contributed by atoms with Crippen molar-refractivity contribution in [2.75, 3.05) is 11.9 Å². The minimum atomic E-state index is -4.49. The number of fused-ring (bicyclic) bond motifs is 1. The van der Waals surface area contributed by atoms with Crippen LogP contribution in [0.3, 0.4) is 0 Å². The molecule has 7 nitrogen and oxygen atoms in total. The first kappa shape index (κ1) is 23.1. The zero-order valence-corrected chi connectivity index (χ0v) is 17.7. The predicted octanol–water partition coefficient (Wildman–Crippen LogP) is 4.05. The van der Waals surface area contributed by atoms with Gasteiger partial charge in [-0.05, 0) is 47.5 Å². The van der Waals surface area contributed by atoms with Gasteiger partial charge in [-0.25, -0.2) is 4.79 Å². The Kier molecular flexibility index (Phi) is 6.40. The van der Waals surface area contributed by atoms with Gasteiger partial charge in [-0.1, -0.05) is 24.3 Å². The molecule has 34 heavy (non-hydrogen) atoms. The highest BCUT2D eigenvalue weighted by molar-refractivity contribution is 5.96. The van der Waals surface area contributed by atoms with Gasteiger partial charge in [0.1, 0.15) is 6.04 Å². The smallest absolute Gasteiger partial charge is 0.416 e. The van der Waals surface area contributed by atoms with E-state index < -0.39 is 42.2 Å². The molecule has 1 atom stereocenters. The number of alkyl halides is 3. The Morgan fingerprint density at radius 2 is 1.71 bits per heavy atom. The Bertz CT molecular complexity index is 1190.